The number of hydrogen-bond donors (Lipinski definition) is 3. The minimum Gasteiger partial charge on any atom is -0.396 e. The van der Waals surface area contributed by atoms with Gasteiger partial charge in [0.05, 0.1) is 0 Å². The van der Waals surface area contributed by atoms with Gasteiger partial charge < -0.3 is 10.4 Å². The minimum atomic E-state index is 0.306. The van der Waals surface area contributed by atoms with Gasteiger partial charge >= 0.3 is 0 Å². The van der Waals surface area contributed by atoms with E-state index in [-0.39, 0.29) is 0 Å². The lowest BCUT2D eigenvalue weighted by Crippen LogP contribution is -2.33. The molecule has 0 radical (unpaired) electrons. The molecule has 3 N–H and O–H groups in total. The van der Waals surface area contributed by atoms with E-state index in [1.807, 2.05) is 6.07 Å². The Morgan fingerprint density at radius 2 is 2.50 bits per heavy atom. The number of nitrogens with zero attached hydrogens (tertiary/aromatic N) is 1. The van der Waals surface area contributed by atoms with Crippen LogP contribution in [-0.4, -0.2) is 28.0 Å². The molecule has 78 valence electrons. The Labute approximate surface area is 83.7 Å². The molecular weight excluding hydrogens is 178 g/mol. The molecule has 2 unspecified atom stereocenters. The van der Waals surface area contributed by atoms with Gasteiger partial charge in [-0.05, 0) is 24.8 Å². The van der Waals surface area contributed by atoms with Crippen molar-refractivity contribution < 1.29 is 5.11 Å². The topological polar surface area (TPSA) is 60.9 Å². The smallest absolute Gasteiger partial charge is 0.0490 e. The molecule has 0 amide bonds. The lowest BCUT2D eigenvalue weighted by molar-refractivity contribution is 0.205. The van der Waals surface area contributed by atoms with Crippen LogP contribution in [0, 0.1) is 5.92 Å². The van der Waals surface area contributed by atoms with Crippen LogP contribution < -0.4 is 5.32 Å². The van der Waals surface area contributed by atoms with Gasteiger partial charge in [-0.2, -0.15) is 5.10 Å². The predicted octanol–water partition coefficient (Wildman–Crippen LogP) is 0.660. The highest BCUT2D eigenvalue weighted by Gasteiger charge is 2.25. The first-order valence-electron chi connectivity index (χ1n) is 5.22. The van der Waals surface area contributed by atoms with E-state index >= 15 is 0 Å². The number of aliphatic hydroxyl groups is 1. The molecule has 0 spiro atoms. The van der Waals surface area contributed by atoms with E-state index in [2.05, 4.69) is 15.5 Å². The molecule has 14 heavy (non-hydrogen) atoms. The van der Waals surface area contributed by atoms with Gasteiger partial charge in [-0.1, -0.05) is 6.42 Å². The zero-order valence-electron chi connectivity index (χ0n) is 8.24. The zero-order valence-corrected chi connectivity index (χ0v) is 8.24. The second kappa shape index (κ2) is 4.57. The van der Waals surface area contributed by atoms with E-state index in [4.69, 9.17) is 5.11 Å². The lowest BCUT2D eigenvalue weighted by Gasteiger charge is -2.18. The first-order chi connectivity index (χ1) is 6.90. The van der Waals surface area contributed by atoms with Crippen LogP contribution in [0.2, 0.25) is 0 Å². The third-order valence-electron chi connectivity index (χ3n) is 3.01. The maximum atomic E-state index is 9.13. The van der Waals surface area contributed by atoms with Crippen molar-refractivity contribution in [2.24, 2.45) is 5.92 Å². The lowest BCUT2D eigenvalue weighted by atomic mass is 10.1. The van der Waals surface area contributed by atoms with Gasteiger partial charge in [0.2, 0.25) is 0 Å². The summed E-state index contributed by atoms with van der Waals surface area (Å²) >= 11 is 0. The molecule has 4 heteroatoms. The summed E-state index contributed by atoms with van der Waals surface area (Å²) in [5, 5.41) is 19.4. The second-order valence-electron chi connectivity index (χ2n) is 3.94. The van der Waals surface area contributed by atoms with Crippen LogP contribution in [0.5, 0.6) is 0 Å². The molecule has 1 aromatic rings. The Morgan fingerprint density at radius 3 is 3.21 bits per heavy atom. The van der Waals surface area contributed by atoms with Gasteiger partial charge in [0, 0.05) is 31.1 Å². The zero-order chi connectivity index (χ0) is 9.80. The average Bonchev–Trinajstić information content (AvgIpc) is 2.85. The molecule has 0 saturated heterocycles. The van der Waals surface area contributed by atoms with Crippen LogP contribution in [0.15, 0.2) is 12.3 Å². The van der Waals surface area contributed by atoms with Crippen molar-refractivity contribution in [3.63, 3.8) is 0 Å². The Hall–Kier alpha value is -0.870. The highest BCUT2D eigenvalue weighted by Crippen LogP contribution is 2.25. The molecule has 2 atom stereocenters. The van der Waals surface area contributed by atoms with Gasteiger partial charge in [0.15, 0.2) is 0 Å². The number of aromatic amines is 1. The highest BCUT2D eigenvalue weighted by molar-refractivity contribution is 4.97. The molecular formula is C10H17N3O. The molecule has 1 fully saturated rings. The van der Waals surface area contributed by atoms with Crippen LogP contribution in [0.4, 0.5) is 0 Å². The van der Waals surface area contributed by atoms with Crippen molar-refractivity contribution in [1.29, 1.82) is 0 Å². The largest absolute Gasteiger partial charge is 0.396 e. The van der Waals surface area contributed by atoms with E-state index in [9.17, 15) is 0 Å². The molecule has 0 bridgehead atoms. The van der Waals surface area contributed by atoms with Crippen molar-refractivity contribution >= 4 is 0 Å². The molecule has 1 aliphatic carbocycles. The summed E-state index contributed by atoms with van der Waals surface area (Å²) in [5.41, 5.74) is 1.11. The van der Waals surface area contributed by atoms with E-state index in [0.717, 1.165) is 18.7 Å². The summed E-state index contributed by atoms with van der Waals surface area (Å²) in [6.07, 6.45) is 5.32. The summed E-state index contributed by atoms with van der Waals surface area (Å²) in [6, 6.07) is 2.44. The Morgan fingerprint density at radius 1 is 1.57 bits per heavy atom. The number of aliphatic hydroxyl groups excluding tert-OH is 1. The molecule has 1 aromatic heterocycles. The number of nitrogens with one attached hydrogen (secondary N) is 2. The molecule has 1 aliphatic rings. The molecule has 1 saturated carbocycles. The third-order valence-corrected chi connectivity index (χ3v) is 3.01. The Bertz CT molecular complexity index is 260. The van der Waals surface area contributed by atoms with Crippen molar-refractivity contribution in [2.75, 3.05) is 6.61 Å². The van der Waals surface area contributed by atoms with Crippen LogP contribution >= 0.6 is 0 Å². The van der Waals surface area contributed by atoms with Gasteiger partial charge in [-0.3, -0.25) is 5.10 Å². The second-order valence-corrected chi connectivity index (χ2v) is 3.94. The molecule has 4 nitrogen and oxygen atoms in total. The monoisotopic (exact) mass is 195 g/mol. The minimum absolute atomic E-state index is 0.306. The van der Waals surface area contributed by atoms with Gasteiger partial charge in [-0.25, -0.2) is 0 Å². The Balaban J connectivity index is 1.80. The number of rotatable bonds is 4. The van der Waals surface area contributed by atoms with E-state index in [1.54, 1.807) is 6.20 Å². The summed E-state index contributed by atoms with van der Waals surface area (Å²) in [6.45, 7) is 1.13. The summed E-state index contributed by atoms with van der Waals surface area (Å²) in [7, 11) is 0. The molecule has 1 heterocycles. The first-order valence-corrected chi connectivity index (χ1v) is 5.22. The van der Waals surface area contributed by atoms with Crippen molar-refractivity contribution in [3.05, 3.63) is 18.0 Å². The number of aromatic nitrogens is 2. The van der Waals surface area contributed by atoms with Crippen LogP contribution in [-0.2, 0) is 6.54 Å². The number of hydrogen-bond acceptors (Lipinski definition) is 3. The van der Waals surface area contributed by atoms with Crippen LogP contribution in [0.1, 0.15) is 25.0 Å². The van der Waals surface area contributed by atoms with E-state index < -0.39 is 0 Å². The SMILES string of the molecule is OCC1CCCC1NCc1ccn[nH]1. The fraction of sp³-hybridized carbons (Fsp3) is 0.700. The standard InChI is InChI=1S/C10H17N3O/c14-7-8-2-1-3-10(8)11-6-9-4-5-12-13-9/h4-5,8,10-11,14H,1-3,6-7H2,(H,12,13). The van der Waals surface area contributed by atoms with Crippen molar-refractivity contribution in [2.45, 2.75) is 31.8 Å². The maximum absolute atomic E-state index is 9.13. The third kappa shape index (κ3) is 2.13. The quantitative estimate of drug-likeness (QED) is 0.661. The fourth-order valence-corrected chi connectivity index (χ4v) is 2.15. The summed E-state index contributed by atoms with van der Waals surface area (Å²) in [5.74, 6) is 0.443. The summed E-state index contributed by atoms with van der Waals surface area (Å²) in [4.78, 5) is 0. The normalized spacial score (nSPS) is 26.9. The predicted molar refractivity (Wildman–Crippen MR) is 53.6 cm³/mol. The number of H-pyrrole nitrogens is 1. The fourth-order valence-electron chi connectivity index (χ4n) is 2.15. The Kier molecular flexibility index (Phi) is 3.16. The summed E-state index contributed by atoms with van der Waals surface area (Å²) < 4.78 is 0. The van der Waals surface area contributed by atoms with Gasteiger partial charge in [-0.15, -0.1) is 0 Å². The van der Waals surface area contributed by atoms with Gasteiger partial charge in [0.1, 0.15) is 0 Å². The molecule has 0 aliphatic heterocycles. The highest BCUT2D eigenvalue weighted by atomic mass is 16.3. The van der Waals surface area contributed by atoms with Gasteiger partial charge in [0.25, 0.3) is 0 Å². The van der Waals surface area contributed by atoms with E-state index in [0.29, 0.717) is 18.6 Å². The van der Waals surface area contributed by atoms with Crippen LogP contribution in [0.3, 0.4) is 0 Å². The van der Waals surface area contributed by atoms with Crippen molar-refractivity contribution in [1.82, 2.24) is 15.5 Å². The van der Waals surface area contributed by atoms with Crippen molar-refractivity contribution in [3.8, 4) is 0 Å². The molecule has 2 rings (SSSR count). The molecule has 0 aromatic carbocycles. The average molecular weight is 195 g/mol. The van der Waals surface area contributed by atoms with E-state index in [1.165, 1.54) is 12.8 Å². The first kappa shape index (κ1) is 9.68. The maximum Gasteiger partial charge on any atom is 0.0490 e. The van der Waals surface area contributed by atoms with Crippen LogP contribution in [0.25, 0.3) is 0 Å².